The van der Waals surface area contributed by atoms with E-state index in [2.05, 4.69) is 10.3 Å². The highest BCUT2D eigenvalue weighted by Crippen LogP contribution is 2.58. The van der Waals surface area contributed by atoms with Crippen LogP contribution in [0.2, 0.25) is 5.02 Å². The minimum atomic E-state index is -4.41. The lowest BCUT2D eigenvalue weighted by molar-refractivity contribution is -0.130. The van der Waals surface area contributed by atoms with Gasteiger partial charge in [0.2, 0.25) is 5.89 Å². The lowest BCUT2D eigenvalue weighted by Crippen LogP contribution is -2.59. The van der Waals surface area contributed by atoms with E-state index in [0.29, 0.717) is 59.5 Å². The third kappa shape index (κ3) is 4.41. The van der Waals surface area contributed by atoms with Gasteiger partial charge >= 0.3 is 0 Å². The largest absolute Gasteiger partial charge is 0.497 e. The number of carbonyl (C=O) groups is 1. The van der Waals surface area contributed by atoms with Gasteiger partial charge in [0.1, 0.15) is 17.8 Å². The lowest BCUT2D eigenvalue weighted by atomic mass is 9.78. The van der Waals surface area contributed by atoms with Gasteiger partial charge in [-0.15, -0.1) is 0 Å². The summed E-state index contributed by atoms with van der Waals surface area (Å²) in [5.74, 6) is 0.662. The number of likely N-dealkylation sites (tertiary alicyclic amines) is 1. The van der Waals surface area contributed by atoms with Crippen LogP contribution in [-0.2, 0) is 32.4 Å². The third-order valence-corrected chi connectivity index (χ3v) is 10.6. The topological polar surface area (TPSA) is 114 Å². The van der Waals surface area contributed by atoms with Crippen LogP contribution in [0.1, 0.15) is 42.3 Å². The first-order chi connectivity index (χ1) is 21.1. The first-order valence-corrected chi connectivity index (χ1v) is 16.0. The number of hydrogen-bond acceptors (Lipinski definition) is 9. The van der Waals surface area contributed by atoms with Crippen LogP contribution in [0.3, 0.4) is 0 Å². The Labute approximate surface area is 261 Å². The van der Waals surface area contributed by atoms with Crippen molar-refractivity contribution in [2.45, 2.75) is 42.3 Å². The fourth-order valence-electron chi connectivity index (χ4n) is 6.67. The van der Waals surface area contributed by atoms with Crippen LogP contribution in [0, 0.1) is 0 Å². The van der Waals surface area contributed by atoms with Gasteiger partial charge in [-0.2, -0.15) is 0 Å². The molecular formula is C32H33ClN4O6S. The van der Waals surface area contributed by atoms with Crippen LogP contribution in [0.5, 0.6) is 11.5 Å². The number of methoxy groups -OCH3 is 2. The number of oxazole rings is 1. The molecule has 0 aliphatic carbocycles. The standard InChI is InChI=1S/C32H33ClN4O6S/c1-31(29-35-15-17-43-29)14-5-16-36(31)32(26-18-21(20-34-2)6-13-28(26)42-4)25-19-22(33)7-12-27(25)37(30(32)38)44(39,40)24-10-8-23(41-3)9-11-24/h6-13,15,17-19,34H,5,14,16,20H2,1-4H3/t31-,32?/m0/s1. The lowest BCUT2D eigenvalue weighted by Gasteiger charge is -2.46. The van der Waals surface area contributed by atoms with Crippen LogP contribution in [0.4, 0.5) is 5.69 Å². The van der Waals surface area contributed by atoms with Gasteiger partial charge in [-0.05, 0) is 87.0 Å². The van der Waals surface area contributed by atoms with Crippen molar-refractivity contribution in [2.24, 2.45) is 0 Å². The second-order valence-corrected chi connectivity index (χ2v) is 13.3. The average molecular weight is 637 g/mol. The number of nitrogens with zero attached hydrogens (tertiary/aromatic N) is 3. The number of benzene rings is 3. The summed E-state index contributed by atoms with van der Waals surface area (Å²) >= 11 is 6.65. The predicted octanol–water partition coefficient (Wildman–Crippen LogP) is 5.05. The highest BCUT2D eigenvalue weighted by molar-refractivity contribution is 7.93. The SMILES string of the molecule is CNCc1ccc(OC)c(C2(N3CCC[C@@]3(C)c3ncco3)C(=O)N(S(=O)(=O)c3ccc(OC)cc3)c3ccc(Cl)cc32)c1. The van der Waals surface area contributed by atoms with E-state index in [4.69, 9.17) is 25.5 Å². The van der Waals surface area contributed by atoms with Gasteiger partial charge in [-0.1, -0.05) is 17.7 Å². The Balaban J connectivity index is 1.70. The Morgan fingerprint density at radius 3 is 2.48 bits per heavy atom. The van der Waals surface area contributed by atoms with Gasteiger partial charge in [0, 0.05) is 29.2 Å². The molecule has 0 bridgehead atoms. The molecule has 6 rings (SSSR count). The van der Waals surface area contributed by atoms with E-state index in [0.717, 1.165) is 9.87 Å². The van der Waals surface area contributed by atoms with Crippen LogP contribution in [0.15, 0.2) is 82.4 Å². The number of sulfonamides is 1. The number of aromatic nitrogens is 1. The van der Waals surface area contributed by atoms with Crippen molar-refractivity contribution < 1.29 is 27.1 Å². The molecule has 2 atom stereocenters. The van der Waals surface area contributed by atoms with Crippen LogP contribution >= 0.6 is 11.6 Å². The maximum absolute atomic E-state index is 15.4. The second kappa shape index (κ2) is 11.2. The molecule has 1 amide bonds. The summed E-state index contributed by atoms with van der Waals surface area (Å²) in [5, 5.41) is 3.52. The molecule has 1 aromatic heterocycles. The van der Waals surface area contributed by atoms with E-state index in [9.17, 15) is 8.42 Å². The molecule has 2 aliphatic rings. The molecule has 10 nitrogen and oxygen atoms in total. The molecular weight excluding hydrogens is 604 g/mol. The Kier molecular flexibility index (Phi) is 7.69. The minimum absolute atomic E-state index is 0.0591. The molecule has 0 radical (unpaired) electrons. The molecule has 0 saturated carbocycles. The van der Waals surface area contributed by atoms with E-state index in [1.165, 1.54) is 32.6 Å². The van der Waals surface area contributed by atoms with Gasteiger partial charge < -0.3 is 19.2 Å². The van der Waals surface area contributed by atoms with Gasteiger partial charge in [0.05, 0.1) is 36.5 Å². The number of hydrogen-bond donors (Lipinski definition) is 1. The van der Waals surface area contributed by atoms with Crippen molar-refractivity contribution >= 4 is 33.2 Å². The Morgan fingerprint density at radius 1 is 1.05 bits per heavy atom. The average Bonchev–Trinajstić information content (AvgIpc) is 3.75. The van der Waals surface area contributed by atoms with Crippen molar-refractivity contribution in [3.05, 3.63) is 101 Å². The molecule has 3 aromatic carbocycles. The summed E-state index contributed by atoms with van der Waals surface area (Å²) in [4.78, 5) is 21.9. The maximum atomic E-state index is 15.4. The third-order valence-electron chi connectivity index (χ3n) is 8.63. The predicted molar refractivity (Wildman–Crippen MR) is 165 cm³/mol. The summed E-state index contributed by atoms with van der Waals surface area (Å²) in [6.45, 7) is 2.91. The van der Waals surface area contributed by atoms with Crippen molar-refractivity contribution in [2.75, 3.05) is 32.1 Å². The fourth-order valence-corrected chi connectivity index (χ4v) is 8.30. The summed E-state index contributed by atoms with van der Waals surface area (Å²) in [6.07, 6.45) is 4.38. The van der Waals surface area contributed by atoms with Crippen molar-refractivity contribution in [3.63, 3.8) is 0 Å². The van der Waals surface area contributed by atoms with E-state index in [1.54, 1.807) is 42.6 Å². The van der Waals surface area contributed by atoms with Gasteiger partial charge in [-0.3, -0.25) is 9.69 Å². The first-order valence-electron chi connectivity index (χ1n) is 14.2. The summed E-state index contributed by atoms with van der Waals surface area (Å²) in [5.41, 5.74) is -0.567. The van der Waals surface area contributed by atoms with Gasteiger partial charge in [-0.25, -0.2) is 17.7 Å². The van der Waals surface area contributed by atoms with Gasteiger partial charge in [0.25, 0.3) is 15.9 Å². The molecule has 4 aromatic rings. The zero-order valence-corrected chi connectivity index (χ0v) is 26.4. The minimum Gasteiger partial charge on any atom is -0.497 e. The molecule has 1 N–H and O–H groups in total. The number of carbonyl (C=O) groups excluding carboxylic acids is 1. The number of fused-ring (bicyclic) bond motifs is 1. The molecule has 1 unspecified atom stereocenters. The second-order valence-electron chi connectivity index (χ2n) is 11.1. The number of anilines is 1. The summed E-state index contributed by atoms with van der Waals surface area (Å²) in [7, 11) is 0.451. The number of halogens is 1. The molecule has 230 valence electrons. The molecule has 3 heterocycles. The monoisotopic (exact) mass is 636 g/mol. The smallest absolute Gasteiger partial charge is 0.271 e. The van der Waals surface area contributed by atoms with Gasteiger partial charge in [0.15, 0.2) is 5.54 Å². The number of amides is 1. The van der Waals surface area contributed by atoms with Crippen molar-refractivity contribution in [1.82, 2.24) is 15.2 Å². The molecule has 1 fully saturated rings. The Bertz CT molecular complexity index is 1810. The fraction of sp³-hybridized carbons (Fsp3) is 0.312. The number of ether oxygens (including phenoxy) is 2. The van der Waals surface area contributed by atoms with Crippen LogP contribution < -0.4 is 19.1 Å². The normalized spacial score (nSPS) is 21.9. The zero-order chi connectivity index (χ0) is 31.3. The molecule has 0 spiro atoms. The van der Waals surface area contributed by atoms with E-state index in [1.807, 2.05) is 31.0 Å². The maximum Gasteiger partial charge on any atom is 0.271 e. The van der Waals surface area contributed by atoms with E-state index in [-0.39, 0.29) is 10.6 Å². The van der Waals surface area contributed by atoms with E-state index < -0.39 is 27.0 Å². The van der Waals surface area contributed by atoms with E-state index >= 15 is 4.79 Å². The van der Waals surface area contributed by atoms with Crippen molar-refractivity contribution in [1.29, 1.82) is 0 Å². The number of rotatable bonds is 9. The first kappa shape index (κ1) is 30.1. The quantitative estimate of drug-likeness (QED) is 0.269. The van der Waals surface area contributed by atoms with Crippen molar-refractivity contribution in [3.8, 4) is 11.5 Å². The Hall–Kier alpha value is -3.90. The molecule has 2 aliphatic heterocycles. The highest BCUT2D eigenvalue weighted by Gasteiger charge is 2.65. The Morgan fingerprint density at radius 2 is 1.82 bits per heavy atom. The zero-order valence-electron chi connectivity index (χ0n) is 24.8. The number of nitrogens with one attached hydrogen (secondary N) is 1. The summed E-state index contributed by atoms with van der Waals surface area (Å²) < 4.78 is 46.9. The highest BCUT2D eigenvalue weighted by atomic mass is 35.5. The molecule has 44 heavy (non-hydrogen) atoms. The molecule has 1 saturated heterocycles. The molecule has 12 heteroatoms. The van der Waals surface area contributed by atoms with Crippen LogP contribution in [-0.4, -0.2) is 52.0 Å². The van der Waals surface area contributed by atoms with Crippen LogP contribution in [0.25, 0.3) is 0 Å². The summed E-state index contributed by atoms with van der Waals surface area (Å²) in [6, 6.07) is 16.4.